The molecule has 0 saturated carbocycles. The molecule has 5 nitrogen and oxygen atoms in total. The van der Waals surface area contributed by atoms with Gasteiger partial charge in [0.2, 0.25) is 5.89 Å². The molecule has 0 amide bonds. The number of thiophene rings is 1. The van der Waals surface area contributed by atoms with Crippen LogP contribution in [0.4, 0.5) is 0 Å². The van der Waals surface area contributed by atoms with Gasteiger partial charge in [0, 0.05) is 42.4 Å². The average molecular weight is 685 g/mol. The highest BCUT2D eigenvalue weighted by molar-refractivity contribution is 7.26. The van der Waals surface area contributed by atoms with E-state index in [4.69, 9.17) is 24.4 Å². The van der Waals surface area contributed by atoms with Crippen molar-refractivity contribution in [1.82, 2.24) is 19.9 Å². The Balaban J connectivity index is 1.04. The van der Waals surface area contributed by atoms with Gasteiger partial charge in [-0.1, -0.05) is 146 Å². The fourth-order valence-electron chi connectivity index (χ4n) is 6.79. The largest absolute Gasteiger partial charge is 0.435 e. The van der Waals surface area contributed by atoms with Crippen molar-refractivity contribution in [2.24, 2.45) is 0 Å². The van der Waals surface area contributed by atoms with Crippen LogP contribution in [0.25, 0.3) is 99.1 Å². The van der Waals surface area contributed by atoms with E-state index in [0.29, 0.717) is 23.4 Å². The summed E-state index contributed by atoms with van der Waals surface area (Å²) in [4.78, 5) is 19.7. The maximum atomic E-state index is 6.43. The molecule has 52 heavy (non-hydrogen) atoms. The van der Waals surface area contributed by atoms with E-state index in [1.807, 2.05) is 66.7 Å². The number of aromatic nitrogens is 4. The van der Waals surface area contributed by atoms with Crippen molar-refractivity contribution in [3.8, 4) is 67.9 Å². The number of hydrogen-bond donors (Lipinski definition) is 0. The van der Waals surface area contributed by atoms with Gasteiger partial charge in [-0.3, -0.25) is 0 Å². The van der Waals surface area contributed by atoms with Crippen LogP contribution in [0, 0.1) is 0 Å². The fourth-order valence-corrected chi connectivity index (χ4v) is 8.03. The minimum Gasteiger partial charge on any atom is -0.435 e. The van der Waals surface area contributed by atoms with Gasteiger partial charge in [0.1, 0.15) is 5.52 Å². The van der Waals surface area contributed by atoms with E-state index in [9.17, 15) is 0 Å². The van der Waals surface area contributed by atoms with E-state index < -0.39 is 0 Å². The molecule has 0 fully saturated rings. The van der Waals surface area contributed by atoms with E-state index in [-0.39, 0.29) is 0 Å². The van der Waals surface area contributed by atoms with Gasteiger partial charge in [0.15, 0.2) is 23.1 Å². The molecule has 0 radical (unpaired) electrons. The Morgan fingerprint density at radius 3 is 1.50 bits per heavy atom. The predicted octanol–water partition coefficient (Wildman–Crippen LogP) is 12.4. The van der Waals surface area contributed by atoms with Crippen LogP contribution in [0.15, 0.2) is 174 Å². The van der Waals surface area contributed by atoms with E-state index in [1.54, 1.807) is 11.3 Å². The van der Waals surface area contributed by atoms with E-state index >= 15 is 0 Å². The second-order valence-electron chi connectivity index (χ2n) is 12.6. The molecule has 7 aromatic carbocycles. The molecule has 0 N–H and O–H groups in total. The van der Waals surface area contributed by atoms with Crippen LogP contribution in [0.2, 0.25) is 0 Å². The first kappa shape index (κ1) is 30.1. The topological polar surface area (TPSA) is 64.7 Å². The van der Waals surface area contributed by atoms with E-state index in [1.165, 1.54) is 20.5 Å². The Morgan fingerprint density at radius 2 is 0.885 bits per heavy atom. The van der Waals surface area contributed by atoms with Crippen LogP contribution in [-0.4, -0.2) is 19.9 Å². The molecule has 244 valence electrons. The number of hydrogen-bond acceptors (Lipinski definition) is 6. The van der Waals surface area contributed by atoms with Crippen LogP contribution in [0.5, 0.6) is 0 Å². The Bertz CT molecular complexity index is 2870. The highest BCUT2D eigenvalue weighted by Gasteiger charge is 2.18. The summed E-state index contributed by atoms with van der Waals surface area (Å²) >= 11 is 1.78. The van der Waals surface area contributed by atoms with Crippen LogP contribution in [-0.2, 0) is 0 Å². The maximum Gasteiger partial charge on any atom is 0.227 e. The summed E-state index contributed by atoms with van der Waals surface area (Å²) in [6, 6.07) is 58.2. The Hall–Kier alpha value is -6.76. The van der Waals surface area contributed by atoms with Gasteiger partial charge in [-0.05, 0) is 46.5 Å². The summed E-state index contributed by atoms with van der Waals surface area (Å²) in [5.74, 6) is 2.54. The summed E-state index contributed by atoms with van der Waals surface area (Å²) in [5.41, 5.74) is 10.1. The van der Waals surface area contributed by atoms with Gasteiger partial charge in [0.05, 0.1) is 0 Å². The van der Waals surface area contributed by atoms with Crippen molar-refractivity contribution in [1.29, 1.82) is 0 Å². The lowest BCUT2D eigenvalue weighted by Gasteiger charge is -2.10. The molecule has 0 bridgehead atoms. The maximum absolute atomic E-state index is 6.43. The number of fused-ring (bicyclic) bond motifs is 5. The third kappa shape index (κ3) is 5.34. The van der Waals surface area contributed by atoms with Crippen molar-refractivity contribution in [2.45, 2.75) is 0 Å². The van der Waals surface area contributed by atoms with E-state index in [0.717, 1.165) is 55.3 Å². The molecule has 0 aliphatic heterocycles. The Kier molecular flexibility index (Phi) is 7.25. The normalized spacial score (nSPS) is 11.5. The van der Waals surface area contributed by atoms with Gasteiger partial charge in [-0.25, -0.2) is 19.9 Å². The van der Waals surface area contributed by atoms with Gasteiger partial charge in [-0.15, -0.1) is 11.3 Å². The van der Waals surface area contributed by atoms with Crippen molar-refractivity contribution in [3.63, 3.8) is 0 Å². The standard InChI is InChI=1S/C46H28N4OS/c1-4-11-29(12-5-1)30-19-23-33(24-20-30)44-48-43(32-13-6-2-7-14-32)49-45(50-44)34-25-21-31(22-26-34)36-17-10-18-37-40-39(52-42(36)37)28-27-38-41(40)51-46(47-38)35-15-8-3-9-16-35/h1-28H. The second kappa shape index (κ2) is 12.5. The zero-order valence-electron chi connectivity index (χ0n) is 27.8. The second-order valence-corrected chi connectivity index (χ2v) is 13.7. The molecule has 0 spiro atoms. The summed E-state index contributed by atoms with van der Waals surface area (Å²) < 4.78 is 8.81. The zero-order chi connectivity index (χ0) is 34.4. The van der Waals surface area contributed by atoms with Gasteiger partial charge < -0.3 is 4.42 Å². The summed E-state index contributed by atoms with van der Waals surface area (Å²) in [6.07, 6.45) is 0. The Morgan fingerprint density at radius 1 is 0.385 bits per heavy atom. The third-order valence-electron chi connectivity index (χ3n) is 9.41. The molecule has 0 aliphatic carbocycles. The van der Waals surface area contributed by atoms with E-state index in [2.05, 4.69) is 103 Å². The lowest BCUT2D eigenvalue weighted by atomic mass is 10.0. The van der Waals surface area contributed by atoms with Gasteiger partial charge >= 0.3 is 0 Å². The lowest BCUT2D eigenvalue weighted by molar-refractivity contribution is 0.623. The third-order valence-corrected chi connectivity index (χ3v) is 10.6. The number of benzene rings is 7. The predicted molar refractivity (Wildman–Crippen MR) is 213 cm³/mol. The molecule has 0 unspecified atom stereocenters. The number of rotatable bonds is 6. The summed E-state index contributed by atoms with van der Waals surface area (Å²) in [7, 11) is 0. The number of oxazole rings is 1. The smallest absolute Gasteiger partial charge is 0.227 e. The van der Waals surface area contributed by atoms with Crippen LogP contribution < -0.4 is 0 Å². The SMILES string of the molecule is c1ccc(-c2ccc(-c3nc(-c4ccccc4)nc(-c4ccc(-c5cccc6c5sc5ccc7nc(-c8ccccc8)oc7c56)cc4)n3)cc2)cc1. The number of nitrogens with zero attached hydrogens (tertiary/aromatic N) is 4. The van der Waals surface area contributed by atoms with Gasteiger partial charge in [0.25, 0.3) is 0 Å². The van der Waals surface area contributed by atoms with Crippen molar-refractivity contribution in [2.75, 3.05) is 0 Å². The van der Waals surface area contributed by atoms with Crippen LogP contribution >= 0.6 is 11.3 Å². The molecule has 6 heteroatoms. The monoisotopic (exact) mass is 684 g/mol. The van der Waals surface area contributed by atoms with Gasteiger partial charge in [-0.2, -0.15) is 0 Å². The molecular formula is C46H28N4OS. The molecule has 10 rings (SSSR count). The van der Waals surface area contributed by atoms with Crippen LogP contribution in [0.3, 0.4) is 0 Å². The molecule has 0 saturated heterocycles. The lowest BCUT2D eigenvalue weighted by Crippen LogP contribution is -2.00. The highest BCUT2D eigenvalue weighted by atomic mass is 32.1. The zero-order valence-corrected chi connectivity index (χ0v) is 28.6. The first-order valence-electron chi connectivity index (χ1n) is 17.1. The van der Waals surface area contributed by atoms with Crippen LogP contribution in [0.1, 0.15) is 0 Å². The molecule has 3 heterocycles. The minimum absolute atomic E-state index is 0.629. The summed E-state index contributed by atoms with van der Waals surface area (Å²) in [5, 5.41) is 2.27. The summed E-state index contributed by atoms with van der Waals surface area (Å²) in [6.45, 7) is 0. The highest BCUT2D eigenvalue weighted by Crippen LogP contribution is 2.44. The fraction of sp³-hybridized carbons (Fsp3) is 0. The Labute approximate surface area is 303 Å². The molecule has 0 aliphatic rings. The quantitative estimate of drug-likeness (QED) is 0.174. The van der Waals surface area contributed by atoms with Crippen molar-refractivity contribution < 1.29 is 4.42 Å². The molecular weight excluding hydrogens is 657 g/mol. The van der Waals surface area contributed by atoms with Crippen molar-refractivity contribution >= 4 is 42.6 Å². The first-order valence-corrected chi connectivity index (χ1v) is 18.0. The van der Waals surface area contributed by atoms with Crippen molar-refractivity contribution in [3.05, 3.63) is 170 Å². The molecule has 0 atom stereocenters. The molecule has 10 aromatic rings. The first-order chi connectivity index (χ1) is 25.7. The average Bonchev–Trinajstić information content (AvgIpc) is 3.84. The molecule has 3 aromatic heterocycles. The minimum atomic E-state index is 0.629.